The van der Waals surface area contributed by atoms with Crippen molar-refractivity contribution < 1.29 is 14.6 Å². The van der Waals surface area contributed by atoms with Crippen molar-refractivity contribution in [1.82, 2.24) is 4.98 Å². The van der Waals surface area contributed by atoms with Gasteiger partial charge in [-0.1, -0.05) is 17.7 Å². The summed E-state index contributed by atoms with van der Waals surface area (Å²) in [4.78, 5) is 15.3. The fourth-order valence-corrected chi connectivity index (χ4v) is 2.16. The molecule has 0 bridgehead atoms. The van der Waals surface area contributed by atoms with E-state index in [0.29, 0.717) is 16.3 Å². The van der Waals surface area contributed by atoms with Gasteiger partial charge in [-0.25, -0.2) is 4.79 Å². The molecule has 0 atom stereocenters. The van der Waals surface area contributed by atoms with Crippen LogP contribution in [0.5, 0.6) is 5.75 Å². The predicted octanol–water partition coefficient (Wildman–Crippen LogP) is 3.42. The minimum atomic E-state index is -1.08. The third-order valence-corrected chi connectivity index (χ3v) is 3.25. The molecule has 2 aromatic rings. The van der Waals surface area contributed by atoms with E-state index in [-0.39, 0.29) is 5.56 Å². The number of hydrogen-bond donors (Lipinski definition) is 1. The number of halogens is 1. The van der Waals surface area contributed by atoms with Crippen LogP contribution in [0.4, 0.5) is 0 Å². The van der Waals surface area contributed by atoms with E-state index in [1.54, 1.807) is 18.5 Å². The second kappa shape index (κ2) is 5.28. The molecule has 0 unspecified atom stereocenters. The van der Waals surface area contributed by atoms with E-state index in [1.165, 1.54) is 13.2 Å². The lowest BCUT2D eigenvalue weighted by Crippen LogP contribution is -2.04. The molecule has 4 nitrogen and oxygen atoms in total. The molecule has 0 fully saturated rings. The summed E-state index contributed by atoms with van der Waals surface area (Å²) in [5.41, 5.74) is 2.22. The molecule has 1 heterocycles. The van der Waals surface area contributed by atoms with E-state index in [0.717, 1.165) is 11.1 Å². The summed E-state index contributed by atoms with van der Waals surface area (Å²) in [5.74, 6) is -0.786. The minimum absolute atomic E-state index is 0.0388. The highest BCUT2D eigenvalue weighted by Crippen LogP contribution is 2.39. The molecule has 19 heavy (non-hydrogen) atoms. The molecule has 5 heteroatoms. The van der Waals surface area contributed by atoms with Crippen LogP contribution in [0.25, 0.3) is 11.1 Å². The average Bonchev–Trinajstić information content (AvgIpc) is 2.41. The molecule has 0 spiro atoms. The summed E-state index contributed by atoms with van der Waals surface area (Å²) in [7, 11) is 1.44. The topological polar surface area (TPSA) is 59.4 Å². The van der Waals surface area contributed by atoms with E-state index in [1.807, 2.05) is 13.0 Å². The lowest BCUT2D eigenvalue weighted by Gasteiger charge is -2.15. The van der Waals surface area contributed by atoms with Crippen LogP contribution in [0.2, 0.25) is 5.02 Å². The summed E-state index contributed by atoms with van der Waals surface area (Å²) in [5, 5.41) is 9.62. The second-order valence-electron chi connectivity index (χ2n) is 3.99. The lowest BCUT2D eigenvalue weighted by atomic mass is 9.97. The predicted molar refractivity (Wildman–Crippen MR) is 72.9 cm³/mol. The normalized spacial score (nSPS) is 10.3. The summed E-state index contributed by atoms with van der Waals surface area (Å²) in [6.07, 6.45) is 3.29. The molecule has 0 aliphatic carbocycles. The Morgan fingerprint density at radius 1 is 1.47 bits per heavy atom. The van der Waals surface area contributed by atoms with E-state index in [4.69, 9.17) is 16.3 Å². The largest absolute Gasteiger partial charge is 0.495 e. The van der Waals surface area contributed by atoms with Gasteiger partial charge in [-0.15, -0.1) is 0 Å². The first-order chi connectivity index (χ1) is 9.06. The Balaban J connectivity index is 2.81. The van der Waals surface area contributed by atoms with Gasteiger partial charge in [0, 0.05) is 28.5 Å². The molecular weight excluding hydrogens is 266 g/mol. The Morgan fingerprint density at radius 3 is 2.74 bits per heavy atom. The van der Waals surface area contributed by atoms with Crippen molar-refractivity contribution in [1.29, 1.82) is 0 Å². The van der Waals surface area contributed by atoms with Crippen molar-refractivity contribution in [2.45, 2.75) is 6.92 Å². The number of benzene rings is 1. The molecule has 2 rings (SSSR count). The monoisotopic (exact) mass is 277 g/mol. The molecular formula is C14H12ClNO3. The van der Waals surface area contributed by atoms with Gasteiger partial charge in [0.1, 0.15) is 11.3 Å². The third kappa shape index (κ3) is 2.39. The number of carbonyl (C=O) groups is 1. The quantitative estimate of drug-likeness (QED) is 0.934. The highest BCUT2D eigenvalue weighted by atomic mass is 35.5. The van der Waals surface area contributed by atoms with Gasteiger partial charge in [0.15, 0.2) is 0 Å². The van der Waals surface area contributed by atoms with E-state index in [9.17, 15) is 9.90 Å². The van der Waals surface area contributed by atoms with Crippen LogP contribution in [-0.2, 0) is 0 Å². The number of aromatic carboxylic acids is 1. The Labute approximate surface area is 115 Å². The SMILES string of the molecule is COc1c(C(=O)O)cc(Cl)c(C)c1-c1cccnc1. The van der Waals surface area contributed by atoms with Crippen LogP contribution >= 0.6 is 11.6 Å². The zero-order valence-corrected chi connectivity index (χ0v) is 11.2. The highest BCUT2D eigenvalue weighted by Gasteiger charge is 2.21. The minimum Gasteiger partial charge on any atom is -0.495 e. The molecule has 1 N–H and O–H groups in total. The smallest absolute Gasteiger partial charge is 0.339 e. The van der Waals surface area contributed by atoms with Gasteiger partial charge in [0.05, 0.1) is 7.11 Å². The Bertz CT molecular complexity index is 626. The van der Waals surface area contributed by atoms with Crippen molar-refractivity contribution in [3.8, 4) is 16.9 Å². The fourth-order valence-electron chi connectivity index (χ4n) is 1.95. The molecule has 0 radical (unpaired) electrons. The second-order valence-corrected chi connectivity index (χ2v) is 4.39. The molecule has 0 aliphatic rings. The average molecular weight is 278 g/mol. The number of carboxylic acids is 1. The molecule has 0 amide bonds. The lowest BCUT2D eigenvalue weighted by molar-refractivity contribution is 0.0693. The number of rotatable bonds is 3. The number of hydrogen-bond acceptors (Lipinski definition) is 3. The van der Waals surface area contributed by atoms with Gasteiger partial charge in [-0.3, -0.25) is 4.98 Å². The van der Waals surface area contributed by atoms with E-state index in [2.05, 4.69) is 4.98 Å². The number of methoxy groups -OCH3 is 1. The Hall–Kier alpha value is -2.07. The van der Waals surface area contributed by atoms with Crippen molar-refractivity contribution in [3.05, 3.63) is 46.7 Å². The first kappa shape index (κ1) is 13.4. The summed E-state index contributed by atoms with van der Waals surface area (Å²) in [6, 6.07) is 5.01. The number of aromatic nitrogens is 1. The number of ether oxygens (including phenoxy) is 1. The van der Waals surface area contributed by atoms with Gasteiger partial charge < -0.3 is 9.84 Å². The van der Waals surface area contributed by atoms with Gasteiger partial charge in [-0.05, 0) is 24.6 Å². The first-order valence-electron chi connectivity index (χ1n) is 5.57. The van der Waals surface area contributed by atoms with Gasteiger partial charge >= 0.3 is 5.97 Å². The fraction of sp³-hybridized carbons (Fsp3) is 0.143. The van der Waals surface area contributed by atoms with Crippen LogP contribution in [0.15, 0.2) is 30.6 Å². The zero-order valence-electron chi connectivity index (χ0n) is 10.5. The number of pyridine rings is 1. The van der Waals surface area contributed by atoms with E-state index >= 15 is 0 Å². The maximum absolute atomic E-state index is 11.3. The molecule has 98 valence electrons. The first-order valence-corrected chi connectivity index (χ1v) is 5.94. The van der Waals surface area contributed by atoms with Crippen molar-refractivity contribution in [2.75, 3.05) is 7.11 Å². The Morgan fingerprint density at radius 2 is 2.21 bits per heavy atom. The summed E-state index contributed by atoms with van der Waals surface area (Å²) < 4.78 is 5.26. The molecule has 1 aromatic carbocycles. The zero-order chi connectivity index (χ0) is 14.0. The van der Waals surface area contributed by atoms with Crippen molar-refractivity contribution in [3.63, 3.8) is 0 Å². The summed E-state index contributed by atoms with van der Waals surface area (Å²) >= 11 is 6.10. The van der Waals surface area contributed by atoms with Crippen LogP contribution < -0.4 is 4.74 Å². The van der Waals surface area contributed by atoms with Gasteiger partial charge in [-0.2, -0.15) is 0 Å². The number of nitrogens with zero attached hydrogens (tertiary/aromatic N) is 1. The highest BCUT2D eigenvalue weighted by molar-refractivity contribution is 6.32. The van der Waals surface area contributed by atoms with Crippen LogP contribution in [0.3, 0.4) is 0 Å². The molecule has 0 saturated carbocycles. The standard InChI is InChI=1S/C14H12ClNO3/c1-8-11(15)6-10(14(17)18)13(19-2)12(8)9-4-3-5-16-7-9/h3-7H,1-2H3,(H,17,18). The maximum atomic E-state index is 11.3. The third-order valence-electron chi connectivity index (χ3n) is 2.86. The summed E-state index contributed by atoms with van der Waals surface area (Å²) in [6.45, 7) is 1.82. The van der Waals surface area contributed by atoms with Gasteiger partial charge in [0.2, 0.25) is 0 Å². The van der Waals surface area contributed by atoms with Crippen LogP contribution in [-0.4, -0.2) is 23.2 Å². The molecule has 1 aromatic heterocycles. The Kier molecular flexibility index (Phi) is 3.71. The van der Waals surface area contributed by atoms with Crippen LogP contribution in [0.1, 0.15) is 15.9 Å². The van der Waals surface area contributed by atoms with Crippen molar-refractivity contribution in [2.24, 2.45) is 0 Å². The van der Waals surface area contributed by atoms with Crippen LogP contribution in [0, 0.1) is 6.92 Å². The maximum Gasteiger partial charge on any atom is 0.339 e. The number of carboxylic acid groups (broad SMARTS) is 1. The van der Waals surface area contributed by atoms with Gasteiger partial charge in [0.25, 0.3) is 0 Å². The van der Waals surface area contributed by atoms with Crippen molar-refractivity contribution >= 4 is 17.6 Å². The molecule has 0 saturated heterocycles. The van der Waals surface area contributed by atoms with E-state index < -0.39 is 5.97 Å². The molecule has 0 aliphatic heterocycles.